The second-order valence-electron chi connectivity index (χ2n) is 7.74. The van der Waals surface area contributed by atoms with E-state index in [1.54, 1.807) is 31.0 Å². The number of benzene rings is 2. The number of anilines is 1. The van der Waals surface area contributed by atoms with Crippen LogP contribution in [-0.2, 0) is 9.53 Å². The molecule has 0 N–H and O–H groups in total. The van der Waals surface area contributed by atoms with E-state index in [1.807, 2.05) is 23.1 Å². The third kappa shape index (κ3) is 7.29. The van der Waals surface area contributed by atoms with E-state index < -0.39 is 0 Å². The second kappa shape index (κ2) is 13.3. The summed E-state index contributed by atoms with van der Waals surface area (Å²) in [6.07, 6.45) is 1.26. The molecule has 4 rings (SSSR count). The molecule has 0 aliphatic carbocycles. The molecule has 0 atom stereocenters. The van der Waals surface area contributed by atoms with E-state index in [0.717, 1.165) is 65.3 Å². The number of fused-ring (bicyclic) bond motifs is 1. The van der Waals surface area contributed by atoms with Crippen molar-refractivity contribution in [1.82, 2.24) is 9.88 Å². The van der Waals surface area contributed by atoms with Crippen molar-refractivity contribution in [2.24, 2.45) is 0 Å². The lowest BCUT2D eigenvalue weighted by molar-refractivity contribution is -0.118. The number of nitrogens with zero attached hydrogens (tertiary/aromatic N) is 3. The first-order chi connectivity index (χ1) is 16.1. The third-order valence-corrected chi connectivity index (χ3v) is 7.55. The highest BCUT2D eigenvalue weighted by Crippen LogP contribution is 2.32. The lowest BCUT2D eigenvalue weighted by atomic mass is 10.3. The van der Waals surface area contributed by atoms with Gasteiger partial charge in [-0.25, -0.2) is 9.37 Å². The third-order valence-electron chi connectivity index (χ3n) is 5.47. The predicted molar refractivity (Wildman–Crippen MR) is 139 cm³/mol. The fourth-order valence-corrected chi connectivity index (χ4v) is 5.49. The molecule has 0 spiro atoms. The van der Waals surface area contributed by atoms with Crippen molar-refractivity contribution >= 4 is 56.8 Å². The summed E-state index contributed by atoms with van der Waals surface area (Å²) in [5, 5.41) is 0.719. The number of carbonyl (C=O) groups excluding carboxylic acids is 1. The number of methoxy groups -OCH3 is 1. The average molecular weight is 526 g/mol. The van der Waals surface area contributed by atoms with E-state index >= 15 is 0 Å². The normalized spacial score (nSPS) is 14.1. The van der Waals surface area contributed by atoms with E-state index in [9.17, 15) is 9.18 Å². The number of aromatic nitrogens is 1. The summed E-state index contributed by atoms with van der Waals surface area (Å²) in [6.45, 7) is 4.95. The number of carbonyl (C=O) groups is 1. The Morgan fingerprint density at radius 3 is 2.74 bits per heavy atom. The summed E-state index contributed by atoms with van der Waals surface area (Å²) in [4.78, 5) is 23.1. The minimum atomic E-state index is -0.255. The topological polar surface area (TPSA) is 54.9 Å². The van der Waals surface area contributed by atoms with Crippen LogP contribution < -0.4 is 9.64 Å². The first kappa shape index (κ1) is 26.7. The molecule has 10 heteroatoms. The lowest BCUT2D eigenvalue weighted by Crippen LogP contribution is -2.39. The Bertz CT molecular complexity index is 1060. The van der Waals surface area contributed by atoms with E-state index in [1.165, 1.54) is 23.5 Å². The first-order valence-corrected chi connectivity index (χ1v) is 12.9. The molecular formula is C24H29ClFN3O3S2. The molecule has 1 amide bonds. The van der Waals surface area contributed by atoms with Crippen LogP contribution in [0.1, 0.15) is 12.8 Å². The number of amides is 1. The lowest BCUT2D eigenvalue weighted by Gasteiger charge is -2.27. The molecule has 6 nitrogen and oxygen atoms in total. The minimum absolute atomic E-state index is 0. The van der Waals surface area contributed by atoms with Gasteiger partial charge >= 0.3 is 0 Å². The fourth-order valence-electron chi connectivity index (χ4n) is 3.66. The number of hydrogen-bond donors (Lipinski definition) is 0. The molecule has 34 heavy (non-hydrogen) atoms. The van der Waals surface area contributed by atoms with Crippen LogP contribution in [0, 0.1) is 5.82 Å². The van der Waals surface area contributed by atoms with Gasteiger partial charge in [-0.05, 0) is 42.8 Å². The fraction of sp³-hybridized carbons (Fsp3) is 0.417. The molecule has 1 aliphatic rings. The highest BCUT2D eigenvalue weighted by atomic mass is 35.5. The van der Waals surface area contributed by atoms with Gasteiger partial charge in [-0.2, -0.15) is 0 Å². The number of morpholine rings is 1. The minimum Gasteiger partial charge on any atom is -0.497 e. The monoisotopic (exact) mass is 525 g/mol. The summed E-state index contributed by atoms with van der Waals surface area (Å²) >= 11 is 3.08. The Balaban J connectivity index is 0.00000324. The van der Waals surface area contributed by atoms with Crippen LogP contribution in [0.15, 0.2) is 47.4 Å². The number of ether oxygens (including phenoxy) is 2. The van der Waals surface area contributed by atoms with Crippen molar-refractivity contribution in [3.63, 3.8) is 0 Å². The van der Waals surface area contributed by atoms with Gasteiger partial charge in [0.1, 0.15) is 11.6 Å². The van der Waals surface area contributed by atoms with Gasteiger partial charge in [0.2, 0.25) is 5.91 Å². The number of rotatable bonds is 10. The van der Waals surface area contributed by atoms with Crippen LogP contribution >= 0.6 is 35.5 Å². The van der Waals surface area contributed by atoms with Crippen molar-refractivity contribution in [1.29, 1.82) is 0 Å². The molecule has 1 aromatic heterocycles. The van der Waals surface area contributed by atoms with Crippen LogP contribution in [0.4, 0.5) is 9.52 Å². The smallest absolute Gasteiger partial charge is 0.229 e. The number of thiazole rings is 1. The van der Waals surface area contributed by atoms with Crippen molar-refractivity contribution < 1.29 is 18.7 Å². The SMILES string of the molecule is COc1ccc2sc(N(CCCN3CCOCC3)C(=O)CCSc3ccc(F)cc3)nc2c1.Cl. The molecule has 184 valence electrons. The molecule has 1 aliphatic heterocycles. The van der Waals surface area contributed by atoms with Crippen LogP contribution in [0.25, 0.3) is 10.2 Å². The Labute approximate surface area is 213 Å². The molecule has 3 aromatic rings. The first-order valence-electron chi connectivity index (χ1n) is 11.1. The summed E-state index contributed by atoms with van der Waals surface area (Å²) < 4.78 is 24.9. The van der Waals surface area contributed by atoms with Crippen molar-refractivity contribution in [2.75, 3.05) is 57.2 Å². The van der Waals surface area contributed by atoms with Gasteiger partial charge in [0, 0.05) is 49.3 Å². The number of halogens is 2. The van der Waals surface area contributed by atoms with Crippen LogP contribution in [0.3, 0.4) is 0 Å². The molecular weight excluding hydrogens is 497 g/mol. The molecule has 0 unspecified atom stereocenters. The summed E-state index contributed by atoms with van der Waals surface area (Å²) in [5.74, 6) is 1.18. The Hall–Kier alpha value is -1.91. The maximum Gasteiger partial charge on any atom is 0.229 e. The van der Waals surface area contributed by atoms with Gasteiger partial charge in [-0.15, -0.1) is 24.2 Å². The average Bonchev–Trinajstić information content (AvgIpc) is 3.26. The summed E-state index contributed by atoms with van der Waals surface area (Å²) in [5.41, 5.74) is 0.834. The van der Waals surface area contributed by atoms with Crippen molar-refractivity contribution in [2.45, 2.75) is 17.7 Å². The van der Waals surface area contributed by atoms with Crippen molar-refractivity contribution in [3.8, 4) is 5.75 Å². The van der Waals surface area contributed by atoms with Crippen LogP contribution in [-0.4, -0.2) is 68.0 Å². The van der Waals surface area contributed by atoms with Gasteiger partial charge in [0.15, 0.2) is 5.13 Å². The Morgan fingerprint density at radius 1 is 1.24 bits per heavy atom. The second-order valence-corrected chi connectivity index (χ2v) is 9.91. The highest BCUT2D eigenvalue weighted by Gasteiger charge is 2.20. The standard InChI is InChI=1S/C24H28FN3O3S2.ClH/c1-30-19-5-8-22-21(17-19)26-24(33-22)28(11-2-10-27-12-14-31-15-13-27)23(29)9-16-32-20-6-3-18(25)4-7-20;/h3-8,17H,2,9-16H2,1H3;1H. The molecule has 0 bridgehead atoms. The van der Waals surface area contributed by atoms with Gasteiger partial charge < -0.3 is 9.47 Å². The van der Waals surface area contributed by atoms with E-state index in [0.29, 0.717) is 18.7 Å². The Kier molecular flexibility index (Phi) is 10.4. The quantitative estimate of drug-likeness (QED) is 0.343. The number of hydrogen-bond acceptors (Lipinski definition) is 7. The zero-order valence-corrected chi connectivity index (χ0v) is 21.5. The summed E-state index contributed by atoms with van der Waals surface area (Å²) in [7, 11) is 1.63. The van der Waals surface area contributed by atoms with Crippen LogP contribution in [0.5, 0.6) is 5.75 Å². The van der Waals surface area contributed by atoms with Crippen molar-refractivity contribution in [3.05, 3.63) is 48.3 Å². The van der Waals surface area contributed by atoms with E-state index in [2.05, 4.69) is 4.90 Å². The molecule has 0 saturated carbocycles. The summed E-state index contributed by atoms with van der Waals surface area (Å²) in [6, 6.07) is 12.2. The molecule has 0 radical (unpaired) electrons. The zero-order valence-electron chi connectivity index (χ0n) is 19.1. The zero-order chi connectivity index (χ0) is 23.0. The molecule has 1 saturated heterocycles. The maximum atomic E-state index is 13.2. The predicted octanol–water partition coefficient (Wildman–Crippen LogP) is 5.10. The van der Waals surface area contributed by atoms with Gasteiger partial charge in [0.05, 0.1) is 30.5 Å². The molecule has 1 fully saturated rings. The number of thioether (sulfide) groups is 1. The van der Waals surface area contributed by atoms with Gasteiger partial charge in [-0.3, -0.25) is 14.6 Å². The highest BCUT2D eigenvalue weighted by molar-refractivity contribution is 7.99. The van der Waals surface area contributed by atoms with Gasteiger partial charge in [0.25, 0.3) is 0 Å². The largest absolute Gasteiger partial charge is 0.497 e. The van der Waals surface area contributed by atoms with E-state index in [-0.39, 0.29) is 24.1 Å². The molecule has 2 aromatic carbocycles. The maximum absolute atomic E-state index is 13.2. The van der Waals surface area contributed by atoms with Gasteiger partial charge in [-0.1, -0.05) is 11.3 Å². The molecule has 2 heterocycles. The van der Waals surface area contributed by atoms with Crippen LogP contribution in [0.2, 0.25) is 0 Å². The Morgan fingerprint density at radius 2 is 2.00 bits per heavy atom. The van der Waals surface area contributed by atoms with E-state index in [4.69, 9.17) is 14.5 Å².